The van der Waals surface area contributed by atoms with Gasteiger partial charge in [0.25, 0.3) is 0 Å². The number of oxime groups is 1. The molecule has 0 heterocycles. The van der Waals surface area contributed by atoms with E-state index in [1.807, 2.05) is 20.8 Å². The molecule has 0 radical (unpaired) electrons. The summed E-state index contributed by atoms with van der Waals surface area (Å²) in [7, 11) is 0. The first kappa shape index (κ1) is 15.1. The van der Waals surface area contributed by atoms with Crippen molar-refractivity contribution in [3.8, 4) is 0 Å². The van der Waals surface area contributed by atoms with Crippen LogP contribution in [-0.2, 0) is 0 Å². The number of hydrogen-bond donors (Lipinski definition) is 4. The third-order valence-corrected chi connectivity index (χ3v) is 2.42. The molecule has 1 aromatic carbocycles. The third-order valence-electron chi connectivity index (χ3n) is 2.11. The van der Waals surface area contributed by atoms with Crippen molar-refractivity contribution < 1.29 is 10.0 Å². The second-order valence-electron chi connectivity index (χ2n) is 5.01. The first-order chi connectivity index (χ1) is 8.73. The van der Waals surface area contributed by atoms with E-state index in [1.54, 1.807) is 12.1 Å². The van der Waals surface area contributed by atoms with Gasteiger partial charge in [0.05, 0.1) is 10.7 Å². The number of nitrogens with zero attached hydrogens (tertiary/aromatic N) is 1. The van der Waals surface area contributed by atoms with Crippen LogP contribution in [0.1, 0.15) is 26.3 Å². The van der Waals surface area contributed by atoms with Gasteiger partial charge in [-0.3, -0.25) is 0 Å². The normalized spacial score (nSPS) is 12.1. The second-order valence-corrected chi connectivity index (χ2v) is 5.42. The summed E-state index contributed by atoms with van der Waals surface area (Å²) in [5.41, 5.74) is 6.01. The minimum Gasteiger partial charge on any atom is -0.409 e. The lowest BCUT2D eigenvalue weighted by Gasteiger charge is -2.21. The van der Waals surface area contributed by atoms with Crippen LogP contribution in [-0.4, -0.2) is 22.6 Å². The van der Waals surface area contributed by atoms with Crippen molar-refractivity contribution in [3.05, 3.63) is 28.8 Å². The van der Waals surface area contributed by atoms with Crippen LogP contribution in [0.25, 0.3) is 0 Å². The molecule has 0 spiro atoms. The van der Waals surface area contributed by atoms with Gasteiger partial charge in [-0.25, -0.2) is 4.79 Å². The van der Waals surface area contributed by atoms with Gasteiger partial charge in [0, 0.05) is 11.1 Å². The SMILES string of the molecule is CC(C)(C)NC(=O)Nc1ccc(/C(N)=N/O)cc1Cl. The Morgan fingerprint density at radius 1 is 1.42 bits per heavy atom. The molecule has 0 saturated carbocycles. The molecule has 6 nitrogen and oxygen atoms in total. The van der Waals surface area contributed by atoms with Gasteiger partial charge in [0.2, 0.25) is 0 Å². The zero-order chi connectivity index (χ0) is 14.6. The summed E-state index contributed by atoms with van der Waals surface area (Å²) in [5, 5.41) is 17.1. The summed E-state index contributed by atoms with van der Waals surface area (Å²) >= 11 is 6.01. The highest BCUT2D eigenvalue weighted by Gasteiger charge is 2.14. The Hall–Kier alpha value is -1.95. The van der Waals surface area contributed by atoms with E-state index >= 15 is 0 Å². The van der Waals surface area contributed by atoms with Gasteiger partial charge in [-0.1, -0.05) is 16.8 Å². The fourth-order valence-corrected chi connectivity index (χ4v) is 1.56. The molecule has 0 bridgehead atoms. The van der Waals surface area contributed by atoms with E-state index in [-0.39, 0.29) is 17.4 Å². The quantitative estimate of drug-likeness (QED) is 0.290. The molecule has 2 amide bonds. The van der Waals surface area contributed by atoms with Crippen molar-refractivity contribution in [3.63, 3.8) is 0 Å². The fraction of sp³-hybridized carbons (Fsp3) is 0.333. The number of rotatable bonds is 2. The van der Waals surface area contributed by atoms with E-state index in [2.05, 4.69) is 15.8 Å². The predicted molar refractivity (Wildman–Crippen MR) is 75.9 cm³/mol. The van der Waals surface area contributed by atoms with Crippen molar-refractivity contribution in [1.29, 1.82) is 0 Å². The summed E-state index contributed by atoms with van der Waals surface area (Å²) in [6.45, 7) is 5.61. The molecule has 1 aromatic rings. The highest BCUT2D eigenvalue weighted by molar-refractivity contribution is 6.34. The van der Waals surface area contributed by atoms with Crippen molar-refractivity contribution >= 4 is 29.2 Å². The molecular formula is C12H17ClN4O2. The maximum Gasteiger partial charge on any atom is 0.319 e. The topological polar surface area (TPSA) is 99.7 Å². The van der Waals surface area contributed by atoms with E-state index < -0.39 is 0 Å². The average Bonchev–Trinajstić information content (AvgIpc) is 2.28. The van der Waals surface area contributed by atoms with Crippen LogP contribution >= 0.6 is 11.6 Å². The molecule has 0 aliphatic heterocycles. The first-order valence-electron chi connectivity index (χ1n) is 5.59. The first-order valence-corrected chi connectivity index (χ1v) is 5.97. The Morgan fingerprint density at radius 3 is 2.53 bits per heavy atom. The van der Waals surface area contributed by atoms with Gasteiger partial charge in [0.1, 0.15) is 0 Å². The van der Waals surface area contributed by atoms with E-state index in [4.69, 9.17) is 22.5 Å². The summed E-state index contributed by atoms with van der Waals surface area (Å²) in [4.78, 5) is 11.7. The Balaban J connectivity index is 2.84. The molecule has 0 fully saturated rings. The van der Waals surface area contributed by atoms with Gasteiger partial charge in [0.15, 0.2) is 5.84 Å². The van der Waals surface area contributed by atoms with E-state index in [0.717, 1.165) is 0 Å². The number of carbonyl (C=O) groups is 1. The third kappa shape index (κ3) is 4.67. The van der Waals surface area contributed by atoms with Crippen LogP contribution in [0.4, 0.5) is 10.5 Å². The number of nitrogens with two attached hydrogens (primary N) is 1. The van der Waals surface area contributed by atoms with Gasteiger partial charge in [-0.05, 0) is 39.0 Å². The van der Waals surface area contributed by atoms with Crippen LogP contribution in [0.5, 0.6) is 0 Å². The van der Waals surface area contributed by atoms with Gasteiger partial charge >= 0.3 is 6.03 Å². The zero-order valence-electron chi connectivity index (χ0n) is 11.0. The number of benzene rings is 1. The maximum absolute atomic E-state index is 11.7. The molecule has 1 rings (SSSR count). The summed E-state index contributed by atoms with van der Waals surface area (Å²) in [6.07, 6.45) is 0. The Labute approximate surface area is 116 Å². The summed E-state index contributed by atoms with van der Waals surface area (Å²) in [6, 6.07) is 4.32. The molecule has 5 N–H and O–H groups in total. The molecule has 0 atom stereocenters. The van der Waals surface area contributed by atoms with Crippen molar-refractivity contribution in [2.45, 2.75) is 26.3 Å². The lowest BCUT2D eigenvalue weighted by molar-refractivity contribution is 0.244. The molecule has 0 saturated heterocycles. The molecule has 0 aromatic heterocycles. The highest BCUT2D eigenvalue weighted by Crippen LogP contribution is 2.23. The lowest BCUT2D eigenvalue weighted by Crippen LogP contribution is -2.43. The maximum atomic E-state index is 11.7. The van der Waals surface area contributed by atoms with Crippen LogP contribution in [0.3, 0.4) is 0 Å². The van der Waals surface area contributed by atoms with Gasteiger partial charge in [-0.2, -0.15) is 0 Å². The van der Waals surface area contributed by atoms with E-state index in [0.29, 0.717) is 16.3 Å². The zero-order valence-corrected chi connectivity index (χ0v) is 11.7. The predicted octanol–water partition coefficient (Wildman–Crippen LogP) is 2.35. The number of nitrogens with one attached hydrogen (secondary N) is 2. The standard InChI is InChI=1S/C12H17ClN4O2/c1-12(2,3)16-11(18)15-9-5-4-7(6-8(9)13)10(14)17-19/h4-6,19H,1-3H3,(H2,14,17)(H2,15,16,18). The summed E-state index contributed by atoms with van der Waals surface area (Å²) in [5.74, 6) is -0.0485. The van der Waals surface area contributed by atoms with E-state index in [9.17, 15) is 4.79 Å². The minimum absolute atomic E-state index is 0.0485. The number of urea groups is 1. The van der Waals surface area contributed by atoms with Crippen molar-refractivity contribution in [2.75, 3.05) is 5.32 Å². The average molecular weight is 285 g/mol. The molecular weight excluding hydrogens is 268 g/mol. The molecule has 104 valence electrons. The van der Waals surface area contributed by atoms with Crippen LogP contribution < -0.4 is 16.4 Å². The van der Waals surface area contributed by atoms with Gasteiger partial charge < -0.3 is 21.6 Å². The van der Waals surface area contributed by atoms with Crippen molar-refractivity contribution in [2.24, 2.45) is 10.9 Å². The smallest absolute Gasteiger partial charge is 0.319 e. The number of carbonyl (C=O) groups excluding carboxylic acids is 1. The van der Waals surface area contributed by atoms with E-state index in [1.165, 1.54) is 6.07 Å². The van der Waals surface area contributed by atoms with Gasteiger partial charge in [-0.15, -0.1) is 0 Å². The number of halogens is 1. The fourth-order valence-electron chi connectivity index (χ4n) is 1.33. The highest BCUT2D eigenvalue weighted by atomic mass is 35.5. The Bertz CT molecular complexity index is 509. The lowest BCUT2D eigenvalue weighted by atomic mass is 10.1. The number of amides is 2. The number of anilines is 1. The number of amidine groups is 1. The molecule has 0 unspecified atom stereocenters. The number of hydrogen-bond acceptors (Lipinski definition) is 3. The van der Waals surface area contributed by atoms with Crippen LogP contribution in [0, 0.1) is 0 Å². The summed E-state index contributed by atoms with van der Waals surface area (Å²) < 4.78 is 0. The second kappa shape index (κ2) is 5.79. The van der Waals surface area contributed by atoms with Crippen LogP contribution in [0.15, 0.2) is 23.4 Å². The van der Waals surface area contributed by atoms with Crippen molar-refractivity contribution in [1.82, 2.24) is 5.32 Å². The largest absolute Gasteiger partial charge is 0.409 e. The monoisotopic (exact) mass is 284 g/mol. The minimum atomic E-state index is -0.356. The molecule has 19 heavy (non-hydrogen) atoms. The van der Waals surface area contributed by atoms with Crippen LogP contribution in [0.2, 0.25) is 5.02 Å². The molecule has 0 aliphatic rings. The molecule has 7 heteroatoms. The Morgan fingerprint density at radius 2 is 2.05 bits per heavy atom. The molecule has 0 aliphatic carbocycles. The Kier molecular flexibility index (Phi) is 4.61.